The Bertz CT molecular complexity index is 321. The van der Waals surface area contributed by atoms with Crippen molar-refractivity contribution in [3.05, 3.63) is 11.8 Å². The average Bonchev–Trinajstić information content (AvgIpc) is 2.73. The van der Waals surface area contributed by atoms with Gasteiger partial charge in [-0.3, -0.25) is 0 Å². The van der Waals surface area contributed by atoms with Crippen molar-refractivity contribution in [2.24, 2.45) is 5.92 Å². The second-order valence-corrected chi connectivity index (χ2v) is 4.71. The maximum absolute atomic E-state index is 5.60. The molecule has 1 aliphatic carbocycles. The van der Waals surface area contributed by atoms with Crippen LogP contribution in [0.3, 0.4) is 0 Å². The molecule has 15 heavy (non-hydrogen) atoms. The topological polar surface area (TPSA) is 51.0 Å². The minimum absolute atomic E-state index is 0.510. The molecule has 0 radical (unpaired) electrons. The Kier molecular flexibility index (Phi) is 3.05. The van der Waals surface area contributed by atoms with Gasteiger partial charge in [0.25, 0.3) is 0 Å². The van der Waals surface area contributed by atoms with Crippen LogP contribution in [0, 0.1) is 5.92 Å². The fourth-order valence-corrected chi connectivity index (χ4v) is 1.65. The summed E-state index contributed by atoms with van der Waals surface area (Å²) in [7, 11) is 0. The molecule has 1 heterocycles. The maximum atomic E-state index is 5.60. The third kappa shape index (κ3) is 2.78. The van der Waals surface area contributed by atoms with E-state index in [0.717, 1.165) is 30.7 Å². The smallest absolute Gasteiger partial charge is 0.219 e. The van der Waals surface area contributed by atoms with Crippen molar-refractivity contribution in [3.8, 4) is 0 Å². The zero-order chi connectivity index (χ0) is 10.8. The number of aromatic nitrogens is 2. The summed E-state index contributed by atoms with van der Waals surface area (Å²) < 4.78 is 5.60. The first-order valence-corrected chi connectivity index (χ1v) is 5.72. The zero-order valence-corrected chi connectivity index (χ0v) is 9.66. The van der Waals surface area contributed by atoms with Crippen molar-refractivity contribution in [2.75, 3.05) is 6.54 Å². The molecule has 2 unspecified atom stereocenters. The molecule has 0 bridgehead atoms. The van der Waals surface area contributed by atoms with Gasteiger partial charge in [0, 0.05) is 24.9 Å². The van der Waals surface area contributed by atoms with Crippen molar-refractivity contribution in [2.45, 2.75) is 45.6 Å². The quantitative estimate of drug-likeness (QED) is 0.802. The van der Waals surface area contributed by atoms with Crippen molar-refractivity contribution < 1.29 is 4.42 Å². The number of nitrogens with zero attached hydrogens (tertiary/aromatic N) is 2. The van der Waals surface area contributed by atoms with E-state index >= 15 is 0 Å². The Morgan fingerprint density at radius 2 is 2.20 bits per heavy atom. The fourth-order valence-electron chi connectivity index (χ4n) is 1.65. The molecule has 1 saturated carbocycles. The van der Waals surface area contributed by atoms with Gasteiger partial charge in [0.15, 0.2) is 0 Å². The van der Waals surface area contributed by atoms with E-state index in [2.05, 4.69) is 36.3 Å². The summed E-state index contributed by atoms with van der Waals surface area (Å²) in [5.41, 5.74) is 0. The van der Waals surface area contributed by atoms with Crippen molar-refractivity contribution in [1.29, 1.82) is 0 Å². The second-order valence-electron chi connectivity index (χ2n) is 4.71. The van der Waals surface area contributed by atoms with Crippen molar-refractivity contribution in [3.63, 3.8) is 0 Å². The minimum Gasteiger partial charge on any atom is -0.425 e. The normalized spacial score (nSPS) is 24.8. The highest BCUT2D eigenvalue weighted by Gasteiger charge is 2.38. The lowest BCUT2D eigenvalue weighted by Crippen LogP contribution is -2.25. The molecule has 1 aromatic rings. The molecule has 2 rings (SSSR count). The van der Waals surface area contributed by atoms with Crippen LogP contribution in [0.2, 0.25) is 0 Å². The highest BCUT2D eigenvalue weighted by Crippen LogP contribution is 2.46. The molecule has 1 N–H and O–H groups in total. The molecular weight excluding hydrogens is 190 g/mol. The first-order chi connectivity index (χ1) is 7.16. The number of hydrogen-bond acceptors (Lipinski definition) is 4. The predicted octanol–water partition coefficient (Wildman–Crippen LogP) is 1.73. The molecule has 1 fully saturated rings. The second kappa shape index (κ2) is 4.31. The number of nitrogens with one attached hydrogen (secondary N) is 1. The molecule has 0 saturated heterocycles. The van der Waals surface area contributed by atoms with Crippen LogP contribution < -0.4 is 5.32 Å². The summed E-state index contributed by atoms with van der Waals surface area (Å²) in [6.07, 6.45) is 2.03. The monoisotopic (exact) mass is 209 g/mol. The van der Waals surface area contributed by atoms with Crippen LogP contribution >= 0.6 is 0 Å². The van der Waals surface area contributed by atoms with Gasteiger partial charge in [-0.1, -0.05) is 20.8 Å². The highest BCUT2D eigenvalue weighted by atomic mass is 16.4. The SMILES string of the molecule is CC(C)NCCc1nnc(C2CC2C)o1. The Morgan fingerprint density at radius 3 is 2.80 bits per heavy atom. The molecule has 1 aliphatic rings. The van der Waals surface area contributed by atoms with Crippen LogP contribution in [-0.4, -0.2) is 22.8 Å². The zero-order valence-electron chi connectivity index (χ0n) is 9.66. The highest BCUT2D eigenvalue weighted by molar-refractivity contribution is 5.04. The summed E-state index contributed by atoms with van der Waals surface area (Å²) in [6, 6.07) is 0.510. The minimum atomic E-state index is 0.510. The fraction of sp³-hybridized carbons (Fsp3) is 0.818. The molecule has 0 aromatic carbocycles. The summed E-state index contributed by atoms with van der Waals surface area (Å²) >= 11 is 0. The number of rotatable bonds is 5. The van der Waals surface area contributed by atoms with Crippen molar-refractivity contribution in [1.82, 2.24) is 15.5 Å². The van der Waals surface area contributed by atoms with Gasteiger partial charge < -0.3 is 9.73 Å². The van der Waals surface area contributed by atoms with E-state index < -0.39 is 0 Å². The molecule has 84 valence electrons. The first-order valence-electron chi connectivity index (χ1n) is 5.72. The predicted molar refractivity (Wildman–Crippen MR) is 57.7 cm³/mol. The molecule has 4 heteroatoms. The van der Waals surface area contributed by atoms with Gasteiger partial charge in [-0.05, 0) is 12.3 Å². The summed E-state index contributed by atoms with van der Waals surface area (Å²) in [6.45, 7) is 7.38. The van der Waals surface area contributed by atoms with E-state index in [1.807, 2.05) is 0 Å². The molecule has 0 spiro atoms. The average molecular weight is 209 g/mol. The van der Waals surface area contributed by atoms with Crippen LogP contribution in [0.5, 0.6) is 0 Å². The van der Waals surface area contributed by atoms with Crippen LogP contribution in [0.15, 0.2) is 4.42 Å². The van der Waals surface area contributed by atoms with Crippen LogP contribution in [0.25, 0.3) is 0 Å². The van der Waals surface area contributed by atoms with Crippen LogP contribution in [-0.2, 0) is 6.42 Å². The standard InChI is InChI=1S/C11H19N3O/c1-7(2)12-5-4-10-13-14-11(15-10)9-6-8(9)3/h7-9,12H,4-6H2,1-3H3. The van der Waals surface area contributed by atoms with E-state index in [1.54, 1.807) is 0 Å². The Labute approximate surface area is 90.5 Å². The lowest BCUT2D eigenvalue weighted by Gasteiger charge is -2.04. The molecular formula is C11H19N3O. The van der Waals surface area contributed by atoms with Gasteiger partial charge >= 0.3 is 0 Å². The third-order valence-corrected chi connectivity index (χ3v) is 2.80. The Balaban J connectivity index is 1.80. The molecule has 1 aromatic heterocycles. The summed E-state index contributed by atoms with van der Waals surface area (Å²) in [4.78, 5) is 0. The van der Waals surface area contributed by atoms with Crippen LogP contribution in [0.1, 0.15) is 44.9 Å². The lowest BCUT2D eigenvalue weighted by molar-refractivity contribution is 0.437. The Morgan fingerprint density at radius 1 is 1.47 bits per heavy atom. The molecule has 0 aliphatic heterocycles. The third-order valence-electron chi connectivity index (χ3n) is 2.80. The number of hydrogen-bond donors (Lipinski definition) is 1. The first kappa shape index (κ1) is 10.6. The maximum Gasteiger partial charge on any atom is 0.219 e. The van der Waals surface area contributed by atoms with Gasteiger partial charge in [0.05, 0.1) is 0 Å². The van der Waals surface area contributed by atoms with Gasteiger partial charge in [0.2, 0.25) is 11.8 Å². The van der Waals surface area contributed by atoms with Gasteiger partial charge in [0.1, 0.15) is 0 Å². The van der Waals surface area contributed by atoms with Gasteiger partial charge in [-0.2, -0.15) is 0 Å². The summed E-state index contributed by atoms with van der Waals surface area (Å²) in [5.74, 6) is 2.86. The van der Waals surface area contributed by atoms with E-state index in [4.69, 9.17) is 4.42 Å². The lowest BCUT2D eigenvalue weighted by atomic mass is 10.3. The summed E-state index contributed by atoms with van der Waals surface area (Å²) in [5, 5.41) is 11.5. The van der Waals surface area contributed by atoms with Gasteiger partial charge in [-0.25, -0.2) is 0 Å². The largest absolute Gasteiger partial charge is 0.425 e. The molecule has 4 nitrogen and oxygen atoms in total. The van der Waals surface area contributed by atoms with Gasteiger partial charge in [-0.15, -0.1) is 10.2 Å². The van der Waals surface area contributed by atoms with E-state index in [0.29, 0.717) is 12.0 Å². The van der Waals surface area contributed by atoms with E-state index in [1.165, 1.54) is 6.42 Å². The van der Waals surface area contributed by atoms with E-state index in [9.17, 15) is 0 Å². The Hall–Kier alpha value is -0.900. The molecule has 0 amide bonds. The molecule has 2 atom stereocenters. The van der Waals surface area contributed by atoms with Crippen LogP contribution in [0.4, 0.5) is 0 Å². The van der Waals surface area contributed by atoms with Crippen molar-refractivity contribution >= 4 is 0 Å². The van der Waals surface area contributed by atoms with E-state index in [-0.39, 0.29) is 0 Å².